The number of halogens is 2. The van der Waals surface area contributed by atoms with E-state index in [1.165, 1.54) is 6.07 Å². The highest BCUT2D eigenvalue weighted by atomic mass is 127. The van der Waals surface area contributed by atoms with Gasteiger partial charge in [-0.2, -0.15) is 0 Å². The monoisotopic (exact) mass is 658 g/mol. The van der Waals surface area contributed by atoms with Gasteiger partial charge < -0.3 is 4.90 Å². The number of pyridine rings is 1. The van der Waals surface area contributed by atoms with E-state index >= 15 is 0 Å². The minimum Gasteiger partial charge on any atom is -0.331 e. The molecule has 2 atom stereocenters. The first-order valence-corrected chi connectivity index (χ1v) is 15.1. The molecule has 0 bridgehead atoms. The molecule has 1 aliphatic rings. The molecule has 0 spiro atoms. The van der Waals surface area contributed by atoms with Crippen LogP contribution in [0.2, 0.25) is 0 Å². The lowest BCUT2D eigenvalue weighted by Gasteiger charge is -2.44. The molecule has 3 aromatic carbocycles. The lowest BCUT2D eigenvalue weighted by Crippen LogP contribution is -2.58. The molecule has 0 aliphatic carbocycles. The Labute approximate surface area is 241 Å². The van der Waals surface area contributed by atoms with Crippen LogP contribution in [0.3, 0.4) is 0 Å². The highest BCUT2D eigenvalue weighted by Crippen LogP contribution is 2.25. The third-order valence-electron chi connectivity index (χ3n) is 6.89. The molecular formula is C29H28FIN4O3S. The summed E-state index contributed by atoms with van der Waals surface area (Å²) in [4.78, 5) is 21.9. The fourth-order valence-corrected chi connectivity index (χ4v) is 6.77. The van der Waals surface area contributed by atoms with E-state index in [0.717, 1.165) is 10.9 Å². The minimum atomic E-state index is -3.89. The Morgan fingerprint density at radius 1 is 1.03 bits per heavy atom. The second-order valence-corrected chi connectivity index (χ2v) is 12.7. The van der Waals surface area contributed by atoms with Crippen molar-refractivity contribution in [3.63, 3.8) is 0 Å². The smallest absolute Gasteiger partial charge is 0.264 e. The van der Waals surface area contributed by atoms with E-state index in [0.29, 0.717) is 40.0 Å². The molecule has 0 saturated carbocycles. The number of rotatable bonds is 6. The van der Waals surface area contributed by atoms with Gasteiger partial charge in [-0.3, -0.25) is 19.4 Å². The number of sulfonamides is 1. The number of aromatic nitrogens is 1. The van der Waals surface area contributed by atoms with E-state index in [2.05, 4.69) is 14.6 Å². The Kier molecular flexibility index (Phi) is 7.88. The third kappa shape index (κ3) is 5.92. The quantitative estimate of drug-likeness (QED) is 0.277. The van der Waals surface area contributed by atoms with Crippen molar-refractivity contribution in [1.29, 1.82) is 0 Å². The van der Waals surface area contributed by atoms with Crippen molar-refractivity contribution in [1.82, 2.24) is 14.8 Å². The lowest BCUT2D eigenvalue weighted by atomic mass is 10.0. The summed E-state index contributed by atoms with van der Waals surface area (Å²) in [6.45, 7) is 5.97. The Morgan fingerprint density at radius 2 is 1.72 bits per heavy atom. The summed E-state index contributed by atoms with van der Waals surface area (Å²) in [6.07, 6.45) is 1.56. The highest BCUT2D eigenvalue weighted by molar-refractivity contribution is 14.1. The number of benzene rings is 3. The van der Waals surface area contributed by atoms with Gasteiger partial charge in [-0.15, -0.1) is 0 Å². The summed E-state index contributed by atoms with van der Waals surface area (Å²) in [7, 11) is -3.89. The van der Waals surface area contributed by atoms with Gasteiger partial charge in [-0.25, -0.2) is 12.8 Å². The van der Waals surface area contributed by atoms with Gasteiger partial charge >= 0.3 is 0 Å². The molecule has 1 amide bonds. The van der Waals surface area contributed by atoms with Gasteiger partial charge in [0.1, 0.15) is 10.7 Å². The lowest BCUT2D eigenvalue weighted by molar-refractivity contribution is 0.0268. The van der Waals surface area contributed by atoms with E-state index in [-0.39, 0.29) is 28.7 Å². The SMILES string of the molecule is CC1CN(Cc2ccc(I)c(F)c2)CC(C)N1C(=O)c1ccc(NS(=O)(=O)c2cccc3cccnc23)cc1. The van der Waals surface area contributed by atoms with Crippen LogP contribution < -0.4 is 4.72 Å². The minimum absolute atomic E-state index is 0.0491. The van der Waals surface area contributed by atoms with Crippen LogP contribution in [0.5, 0.6) is 0 Å². The first-order valence-electron chi connectivity index (χ1n) is 12.6. The van der Waals surface area contributed by atoms with Crippen LogP contribution in [0, 0.1) is 9.39 Å². The van der Waals surface area contributed by atoms with Gasteiger partial charge in [0, 0.05) is 58.1 Å². The molecule has 1 N–H and O–H groups in total. The fraction of sp³-hybridized carbons (Fsp3) is 0.241. The molecule has 7 nitrogen and oxygen atoms in total. The molecule has 1 saturated heterocycles. The van der Waals surface area contributed by atoms with E-state index in [1.807, 2.05) is 59.5 Å². The maximum Gasteiger partial charge on any atom is 0.264 e. The number of anilines is 1. The molecule has 0 radical (unpaired) electrons. The third-order valence-corrected chi connectivity index (χ3v) is 9.18. The maximum absolute atomic E-state index is 14.0. The summed E-state index contributed by atoms with van der Waals surface area (Å²) in [6, 6.07) is 20.2. The van der Waals surface area contributed by atoms with E-state index in [4.69, 9.17) is 0 Å². The number of piperazine rings is 1. The summed E-state index contributed by atoms with van der Waals surface area (Å²) >= 11 is 1.98. The number of para-hydroxylation sites is 1. The largest absolute Gasteiger partial charge is 0.331 e. The first kappa shape index (κ1) is 27.5. The second kappa shape index (κ2) is 11.2. The number of hydrogen-bond donors (Lipinski definition) is 1. The molecule has 4 aromatic rings. The number of nitrogens with zero attached hydrogens (tertiary/aromatic N) is 3. The van der Waals surface area contributed by atoms with Crippen LogP contribution in [0.4, 0.5) is 10.1 Å². The molecule has 2 unspecified atom stereocenters. The van der Waals surface area contributed by atoms with Crippen LogP contribution in [0.25, 0.3) is 10.9 Å². The number of fused-ring (bicyclic) bond motifs is 1. The standard InChI is InChI=1S/C29H28FIN4O3S/c1-19-16-34(18-21-8-13-26(31)25(30)15-21)17-20(2)35(19)29(36)23-9-11-24(12-10-23)33-39(37,38)27-7-3-5-22-6-4-14-32-28(22)27/h3-15,19-20,33H,16-18H2,1-2H3. The average molecular weight is 659 g/mol. The number of hydrogen-bond acceptors (Lipinski definition) is 5. The van der Waals surface area contributed by atoms with Crippen molar-refractivity contribution >= 4 is 55.1 Å². The van der Waals surface area contributed by atoms with E-state index < -0.39 is 10.0 Å². The van der Waals surface area contributed by atoms with Gasteiger partial charge in [0.25, 0.3) is 15.9 Å². The Bertz CT molecular complexity index is 1610. The normalized spacial score (nSPS) is 18.3. The predicted molar refractivity (Wildman–Crippen MR) is 158 cm³/mol. The van der Waals surface area contributed by atoms with Crippen LogP contribution >= 0.6 is 22.6 Å². The van der Waals surface area contributed by atoms with Gasteiger partial charge in [-0.05, 0) is 90.5 Å². The van der Waals surface area contributed by atoms with Crippen molar-refractivity contribution < 1.29 is 17.6 Å². The highest BCUT2D eigenvalue weighted by Gasteiger charge is 2.33. The van der Waals surface area contributed by atoms with E-state index in [9.17, 15) is 17.6 Å². The zero-order chi connectivity index (χ0) is 27.7. The molecule has 1 fully saturated rings. The van der Waals surface area contributed by atoms with Crippen molar-refractivity contribution in [2.75, 3.05) is 17.8 Å². The molecular weight excluding hydrogens is 630 g/mol. The number of carbonyl (C=O) groups is 1. The second-order valence-electron chi connectivity index (χ2n) is 9.87. The van der Waals surface area contributed by atoms with Crippen LogP contribution in [0.1, 0.15) is 29.8 Å². The van der Waals surface area contributed by atoms with Crippen molar-refractivity contribution in [2.24, 2.45) is 0 Å². The zero-order valence-corrected chi connectivity index (χ0v) is 24.5. The Morgan fingerprint density at radius 3 is 2.41 bits per heavy atom. The molecule has 202 valence electrons. The Balaban J connectivity index is 1.27. The molecule has 2 heterocycles. The first-order chi connectivity index (χ1) is 18.6. The summed E-state index contributed by atoms with van der Waals surface area (Å²) < 4.78 is 43.4. The van der Waals surface area contributed by atoms with Gasteiger partial charge in [-0.1, -0.05) is 24.3 Å². The number of nitrogens with one attached hydrogen (secondary N) is 1. The summed E-state index contributed by atoms with van der Waals surface area (Å²) in [5.41, 5.74) is 2.14. The molecule has 39 heavy (non-hydrogen) atoms. The molecule has 1 aromatic heterocycles. The predicted octanol–water partition coefficient (Wildman–Crippen LogP) is 5.51. The van der Waals surface area contributed by atoms with Crippen LogP contribution in [-0.2, 0) is 16.6 Å². The zero-order valence-electron chi connectivity index (χ0n) is 21.5. The maximum atomic E-state index is 14.0. The fourth-order valence-electron chi connectivity index (χ4n) is 5.19. The summed E-state index contributed by atoms with van der Waals surface area (Å²) in [5, 5.41) is 0.732. The van der Waals surface area contributed by atoms with Gasteiger partial charge in [0.15, 0.2) is 0 Å². The van der Waals surface area contributed by atoms with Crippen molar-refractivity contribution in [2.45, 2.75) is 37.4 Å². The number of carbonyl (C=O) groups excluding carboxylic acids is 1. The topological polar surface area (TPSA) is 82.6 Å². The molecule has 5 rings (SSSR count). The van der Waals surface area contributed by atoms with Gasteiger partial charge in [0.2, 0.25) is 0 Å². The Hall–Kier alpha value is -3.09. The average Bonchev–Trinajstić information content (AvgIpc) is 2.90. The van der Waals surface area contributed by atoms with E-state index in [1.54, 1.807) is 54.7 Å². The van der Waals surface area contributed by atoms with Gasteiger partial charge in [0.05, 0.1) is 5.52 Å². The molecule has 10 heteroatoms. The molecule has 1 aliphatic heterocycles. The number of amides is 1. The van der Waals surface area contributed by atoms with Crippen molar-refractivity contribution in [3.8, 4) is 0 Å². The van der Waals surface area contributed by atoms with Crippen LogP contribution in [0.15, 0.2) is 83.9 Å². The van der Waals surface area contributed by atoms with Crippen LogP contribution in [-0.4, -0.2) is 54.3 Å². The van der Waals surface area contributed by atoms with Crippen molar-refractivity contribution in [3.05, 3.63) is 99.5 Å². The summed E-state index contributed by atoms with van der Waals surface area (Å²) in [5.74, 6) is -0.329.